The standard InChI is InChI=1S/C21H24N4O2/c26-19(12-17-4-1-8-22-13-17)24-10-3-6-21(15-24)7-11-25(16-21)20(27)18-5-2-9-23-14-18/h1-2,4-5,8-9,13-14H,3,6-7,10-12,15-16H2/t21-/m1/s1. The first-order chi connectivity index (χ1) is 13.2. The smallest absolute Gasteiger partial charge is 0.255 e. The Labute approximate surface area is 159 Å². The summed E-state index contributed by atoms with van der Waals surface area (Å²) in [6.07, 6.45) is 10.2. The molecule has 2 aromatic rings. The molecule has 2 aliphatic heterocycles. The number of aromatic nitrogens is 2. The fourth-order valence-electron chi connectivity index (χ4n) is 4.32. The van der Waals surface area contributed by atoms with Gasteiger partial charge in [0.15, 0.2) is 0 Å². The molecule has 1 atom stereocenters. The first kappa shape index (κ1) is 17.6. The summed E-state index contributed by atoms with van der Waals surface area (Å²) in [5.41, 5.74) is 1.61. The van der Waals surface area contributed by atoms with Crippen molar-refractivity contribution in [3.63, 3.8) is 0 Å². The van der Waals surface area contributed by atoms with Gasteiger partial charge in [-0.25, -0.2) is 0 Å². The molecular formula is C21H24N4O2. The highest BCUT2D eigenvalue weighted by Gasteiger charge is 2.43. The van der Waals surface area contributed by atoms with E-state index in [1.807, 2.05) is 28.0 Å². The second kappa shape index (κ2) is 7.47. The fourth-order valence-corrected chi connectivity index (χ4v) is 4.32. The minimum atomic E-state index is 0.0285. The van der Waals surface area contributed by atoms with Crippen molar-refractivity contribution < 1.29 is 9.59 Å². The predicted octanol–water partition coefficient (Wildman–Crippen LogP) is 2.17. The summed E-state index contributed by atoms with van der Waals surface area (Å²) < 4.78 is 0. The summed E-state index contributed by atoms with van der Waals surface area (Å²) in [6, 6.07) is 7.40. The zero-order valence-electron chi connectivity index (χ0n) is 15.4. The van der Waals surface area contributed by atoms with E-state index in [1.165, 1.54) is 0 Å². The third-order valence-electron chi connectivity index (χ3n) is 5.73. The quantitative estimate of drug-likeness (QED) is 0.837. The lowest BCUT2D eigenvalue weighted by molar-refractivity contribution is -0.133. The summed E-state index contributed by atoms with van der Waals surface area (Å²) in [5.74, 6) is 0.192. The van der Waals surface area contributed by atoms with E-state index in [9.17, 15) is 9.59 Å². The summed E-state index contributed by atoms with van der Waals surface area (Å²) in [6.45, 7) is 3.01. The molecule has 0 unspecified atom stereocenters. The van der Waals surface area contributed by atoms with Crippen LogP contribution in [0.15, 0.2) is 49.1 Å². The van der Waals surface area contributed by atoms with Crippen LogP contribution in [0.5, 0.6) is 0 Å². The van der Waals surface area contributed by atoms with Crippen molar-refractivity contribution in [1.29, 1.82) is 0 Å². The van der Waals surface area contributed by atoms with E-state index in [2.05, 4.69) is 9.97 Å². The van der Waals surface area contributed by atoms with Gasteiger partial charge in [-0.1, -0.05) is 6.07 Å². The average Bonchev–Trinajstić information content (AvgIpc) is 3.12. The Morgan fingerprint density at radius 1 is 0.963 bits per heavy atom. The highest BCUT2D eigenvalue weighted by molar-refractivity contribution is 5.94. The van der Waals surface area contributed by atoms with E-state index in [1.54, 1.807) is 30.9 Å². The maximum atomic E-state index is 12.8. The SMILES string of the molecule is O=C(Cc1cccnc1)N1CCC[C@@]2(CCN(C(=O)c3cccnc3)C2)C1. The number of carbonyl (C=O) groups is 2. The Morgan fingerprint density at radius 2 is 1.74 bits per heavy atom. The van der Waals surface area contributed by atoms with Crippen LogP contribution in [0.25, 0.3) is 0 Å². The molecule has 0 bridgehead atoms. The molecule has 4 heterocycles. The number of hydrogen-bond acceptors (Lipinski definition) is 4. The number of piperidine rings is 1. The molecule has 2 saturated heterocycles. The number of nitrogens with zero attached hydrogens (tertiary/aromatic N) is 4. The number of amides is 2. The van der Waals surface area contributed by atoms with Gasteiger partial charge in [-0.15, -0.1) is 0 Å². The normalized spacial score (nSPS) is 22.2. The van der Waals surface area contributed by atoms with Gasteiger partial charge >= 0.3 is 0 Å². The van der Waals surface area contributed by atoms with Crippen molar-refractivity contribution in [3.05, 3.63) is 60.2 Å². The van der Waals surface area contributed by atoms with Crippen molar-refractivity contribution in [3.8, 4) is 0 Å². The monoisotopic (exact) mass is 364 g/mol. The van der Waals surface area contributed by atoms with Gasteiger partial charge in [-0.05, 0) is 43.0 Å². The van der Waals surface area contributed by atoms with Gasteiger partial charge < -0.3 is 9.80 Å². The minimum Gasteiger partial charge on any atom is -0.342 e. The first-order valence-corrected chi connectivity index (χ1v) is 9.51. The van der Waals surface area contributed by atoms with Crippen molar-refractivity contribution in [2.45, 2.75) is 25.7 Å². The second-order valence-electron chi connectivity index (χ2n) is 7.68. The topological polar surface area (TPSA) is 66.4 Å². The number of pyridine rings is 2. The van der Waals surface area contributed by atoms with Crippen molar-refractivity contribution in [1.82, 2.24) is 19.8 Å². The van der Waals surface area contributed by atoms with E-state index in [-0.39, 0.29) is 17.2 Å². The molecule has 0 saturated carbocycles. The van der Waals surface area contributed by atoms with Crippen molar-refractivity contribution in [2.24, 2.45) is 5.41 Å². The molecule has 2 aromatic heterocycles. The van der Waals surface area contributed by atoms with Gasteiger partial charge in [0.05, 0.1) is 12.0 Å². The number of likely N-dealkylation sites (tertiary alicyclic amines) is 2. The molecule has 1 spiro atoms. The van der Waals surface area contributed by atoms with Crippen molar-refractivity contribution >= 4 is 11.8 Å². The maximum absolute atomic E-state index is 12.8. The van der Waals surface area contributed by atoms with Gasteiger partial charge in [0.1, 0.15) is 0 Å². The van der Waals surface area contributed by atoms with E-state index in [4.69, 9.17) is 0 Å². The average molecular weight is 364 g/mol. The molecule has 6 nitrogen and oxygen atoms in total. The fraction of sp³-hybridized carbons (Fsp3) is 0.429. The zero-order chi connectivity index (χ0) is 18.7. The molecule has 0 aromatic carbocycles. The van der Waals surface area contributed by atoms with E-state index < -0.39 is 0 Å². The van der Waals surface area contributed by atoms with Crippen LogP contribution in [0.2, 0.25) is 0 Å². The lowest BCUT2D eigenvalue weighted by atomic mass is 9.79. The molecule has 0 aliphatic carbocycles. The summed E-state index contributed by atoms with van der Waals surface area (Å²) in [4.78, 5) is 37.5. The third-order valence-corrected chi connectivity index (χ3v) is 5.73. The molecule has 2 aliphatic rings. The Bertz CT molecular complexity index is 811. The number of rotatable bonds is 3. The van der Waals surface area contributed by atoms with Gasteiger partial charge in [0.2, 0.25) is 5.91 Å². The Balaban J connectivity index is 1.40. The molecule has 0 N–H and O–H groups in total. The van der Waals surface area contributed by atoms with Gasteiger partial charge in [0, 0.05) is 56.4 Å². The lowest BCUT2D eigenvalue weighted by Gasteiger charge is -2.40. The minimum absolute atomic E-state index is 0.0285. The van der Waals surface area contributed by atoms with E-state index in [0.717, 1.165) is 51.0 Å². The van der Waals surface area contributed by atoms with Crippen LogP contribution >= 0.6 is 0 Å². The Morgan fingerprint density at radius 3 is 2.48 bits per heavy atom. The Kier molecular flexibility index (Phi) is 4.88. The lowest BCUT2D eigenvalue weighted by Crippen LogP contribution is -2.48. The van der Waals surface area contributed by atoms with Crippen molar-refractivity contribution in [2.75, 3.05) is 26.2 Å². The van der Waals surface area contributed by atoms with E-state index >= 15 is 0 Å². The number of carbonyl (C=O) groups excluding carboxylic acids is 2. The predicted molar refractivity (Wildman–Crippen MR) is 101 cm³/mol. The maximum Gasteiger partial charge on any atom is 0.255 e. The molecule has 140 valence electrons. The second-order valence-corrected chi connectivity index (χ2v) is 7.68. The molecule has 4 rings (SSSR count). The van der Waals surface area contributed by atoms with Gasteiger partial charge in [0.25, 0.3) is 5.91 Å². The molecular weight excluding hydrogens is 340 g/mol. The first-order valence-electron chi connectivity index (χ1n) is 9.51. The van der Waals surface area contributed by atoms with Crippen LogP contribution in [0.4, 0.5) is 0 Å². The largest absolute Gasteiger partial charge is 0.342 e. The number of hydrogen-bond donors (Lipinski definition) is 0. The Hall–Kier alpha value is -2.76. The molecule has 27 heavy (non-hydrogen) atoms. The highest BCUT2D eigenvalue weighted by Crippen LogP contribution is 2.39. The van der Waals surface area contributed by atoms with Crippen LogP contribution in [0, 0.1) is 5.41 Å². The highest BCUT2D eigenvalue weighted by atomic mass is 16.2. The summed E-state index contributed by atoms with van der Waals surface area (Å²) >= 11 is 0. The summed E-state index contributed by atoms with van der Waals surface area (Å²) in [5, 5.41) is 0. The zero-order valence-corrected chi connectivity index (χ0v) is 15.4. The summed E-state index contributed by atoms with van der Waals surface area (Å²) in [7, 11) is 0. The van der Waals surface area contributed by atoms with Crippen LogP contribution < -0.4 is 0 Å². The third kappa shape index (κ3) is 3.84. The van der Waals surface area contributed by atoms with Crippen LogP contribution in [-0.2, 0) is 11.2 Å². The van der Waals surface area contributed by atoms with Crippen LogP contribution in [0.3, 0.4) is 0 Å². The molecule has 6 heteroatoms. The molecule has 0 radical (unpaired) electrons. The van der Waals surface area contributed by atoms with E-state index in [0.29, 0.717) is 12.0 Å². The molecule has 2 fully saturated rings. The van der Waals surface area contributed by atoms with Crippen LogP contribution in [0.1, 0.15) is 35.2 Å². The van der Waals surface area contributed by atoms with Gasteiger partial charge in [-0.2, -0.15) is 0 Å². The van der Waals surface area contributed by atoms with Gasteiger partial charge in [-0.3, -0.25) is 19.6 Å². The van der Waals surface area contributed by atoms with Crippen LogP contribution in [-0.4, -0.2) is 57.8 Å². The molecule has 2 amide bonds.